The van der Waals surface area contributed by atoms with Crippen molar-refractivity contribution in [3.8, 4) is 5.75 Å². The number of nitrogens with zero attached hydrogens (tertiary/aromatic N) is 1. The SMILES string of the molecule is CC(C)[C@H](C)NC(=O)CN1C(=O)COc2ccc(C(C)(C)C)cc21. The Labute approximate surface area is 144 Å². The standard InChI is InChI=1S/C19H28N2O3/c1-12(2)13(3)20-17(22)10-21-15-9-14(19(4,5)6)7-8-16(15)24-11-18(21)23/h7-9,12-13H,10-11H2,1-6H3,(H,20,22)/t13-/m0/s1. The van der Waals surface area contributed by atoms with Crippen LogP contribution in [0.3, 0.4) is 0 Å². The van der Waals surface area contributed by atoms with Crippen LogP contribution in [0.4, 0.5) is 5.69 Å². The average Bonchev–Trinajstić information content (AvgIpc) is 2.48. The van der Waals surface area contributed by atoms with Crippen LogP contribution in [0.25, 0.3) is 0 Å². The monoisotopic (exact) mass is 332 g/mol. The molecule has 2 rings (SSSR count). The summed E-state index contributed by atoms with van der Waals surface area (Å²) in [6.45, 7) is 12.4. The lowest BCUT2D eigenvalue weighted by atomic mass is 9.86. The molecule has 1 aliphatic heterocycles. The van der Waals surface area contributed by atoms with Crippen LogP contribution in [0.1, 0.15) is 47.1 Å². The Morgan fingerprint density at radius 3 is 2.54 bits per heavy atom. The predicted octanol–water partition coefficient (Wildman–Crippen LogP) is 2.87. The van der Waals surface area contributed by atoms with Crippen LogP contribution in [0, 0.1) is 5.92 Å². The van der Waals surface area contributed by atoms with Crippen molar-refractivity contribution in [3.05, 3.63) is 23.8 Å². The maximum Gasteiger partial charge on any atom is 0.265 e. The van der Waals surface area contributed by atoms with Gasteiger partial charge in [-0.15, -0.1) is 0 Å². The van der Waals surface area contributed by atoms with Gasteiger partial charge in [-0.2, -0.15) is 0 Å². The molecule has 5 heteroatoms. The van der Waals surface area contributed by atoms with Gasteiger partial charge in [0.05, 0.1) is 5.69 Å². The van der Waals surface area contributed by atoms with E-state index in [1.165, 1.54) is 4.90 Å². The first-order chi connectivity index (χ1) is 11.1. The van der Waals surface area contributed by atoms with Crippen LogP contribution >= 0.6 is 0 Å². The first-order valence-corrected chi connectivity index (χ1v) is 8.46. The minimum Gasteiger partial charge on any atom is -0.482 e. The van der Waals surface area contributed by atoms with E-state index in [0.29, 0.717) is 17.4 Å². The van der Waals surface area contributed by atoms with Gasteiger partial charge in [0.25, 0.3) is 5.91 Å². The number of carbonyl (C=O) groups excluding carboxylic acids is 2. The molecule has 1 aliphatic rings. The van der Waals surface area contributed by atoms with Crippen molar-refractivity contribution >= 4 is 17.5 Å². The Bertz CT molecular complexity index is 632. The molecule has 24 heavy (non-hydrogen) atoms. The fourth-order valence-corrected chi connectivity index (χ4v) is 2.45. The highest BCUT2D eigenvalue weighted by molar-refractivity contribution is 6.02. The largest absolute Gasteiger partial charge is 0.482 e. The van der Waals surface area contributed by atoms with Crippen LogP contribution in [-0.2, 0) is 15.0 Å². The smallest absolute Gasteiger partial charge is 0.265 e. The molecule has 1 N–H and O–H groups in total. The molecule has 2 amide bonds. The number of hydrogen-bond acceptors (Lipinski definition) is 3. The van der Waals surface area contributed by atoms with E-state index in [-0.39, 0.29) is 36.4 Å². The summed E-state index contributed by atoms with van der Waals surface area (Å²) in [5.41, 5.74) is 1.72. The quantitative estimate of drug-likeness (QED) is 0.922. The maximum atomic E-state index is 12.3. The number of benzene rings is 1. The van der Waals surface area contributed by atoms with E-state index in [1.807, 2.05) is 25.1 Å². The minimum atomic E-state index is -0.194. The lowest BCUT2D eigenvalue weighted by Gasteiger charge is -2.31. The number of carbonyl (C=O) groups is 2. The van der Waals surface area contributed by atoms with E-state index in [9.17, 15) is 9.59 Å². The molecule has 0 radical (unpaired) electrons. The molecule has 0 unspecified atom stereocenters. The summed E-state index contributed by atoms with van der Waals surface area (Å²) in [7, 11) is 0. The highest BCUT2D eigenvalue weighted by Gasteiger charge is 2.29. The van der Waals surface area contributed by atoms with Gasteiger partial charge < -0.3 is 10.1 Å². The first-order valence-electron chi connectivity index (χ1n) is 8.46. The summed E-state index contributed by atoms with van der Waals surface area (Å²) in [5, 5.41) is 2.95. The third-order valence-electron chi connectivity index (χ3n) is 4.46. The molecule has 0 aromatic heterocycles. The molecular formula is C19H28N2O3. The van der Waals surface area contributed by atoms with Gasteiger partial charge in [-0.05, 0) is 36.0 Å². The van der Waals surface area contributed by atoms with Crippen molar-refractivity contribution in [3.63, 3.8) is 0 Å². The topological polar surface area (TPSA) is 58.6 Å². The normalized spacial score (nSPS) is 15.8. The van der Waals surface area contributed by atoms with E-state index in [4.69, 9.17) is 4.74 Å². The second-order valence-electron chi connectivity index (χ2n) is 7.80. The Hall–Kier alpha value is -2.04. The Kier molecular flexibility index (Phi) is 5.21. The maximum absolute atomic E-state index is 12.3. The van der Waals surface area contributed by atoms with Crippen molar-refractivity contribution in [2.24, 2.45) is 5.92 Å². The number of fused-ring (bicyclic) bond motifs is 1. The van der Waals surface area contributed by atoms with Crippen molar-refractivity contribution < 1.29 is 14.3 Å². The van der Waals surface area contributed by atoms with Crippen LogP contribution < -0.4 is 15.0 Å². The van der Waals surface area contributed by atoms with Gasteiger partial charge in [-0.1, -0.05) is 40.7 Å². The fourth-order valence-electron chi connectivity index (χ4n) is 2.45. The van der Waals surface area contributed by atoms with E-state index < -0.39 is 0 Å². The van der Waals surface area contributed by atoms with Crippen molar-refractivity contribution in [1.29, 1.82) is 0 Å². The number of ether oxygens (including phenoxy) is 1. The molecule has 1 heterocycles. The number of anilines is 1. The minimum absolute atomic E-state index is 0.0137. The van der Waals surface area contributed by atoms with E-state index in [2.05, 4.69) is 39.9 Å². The molecule has 0 saturated carbocycles. The third-order valence-corrected chi connectivity index (χ3v) is 4.46. The van der Waals surface area contributed by atoms with E-state index in [1.54, 1.807) is 0 Å². The third kappa shape index (κ3) is 4.08. The molecular weight excluding hydrogens is 304 g/mol. The number of nitrogens with one attached hydrogen (secondary N) is 1. The van der Waals surface area contributed by atoms with Crippen molar-refractivity contribution in [2.45, 2.75) is 53.0 Å². The zero-order valence-electron chi connectivity index (χ0n) is 15.5. The van der Waals surface area contributed by atoms with Gasteiger partial charge in [0.2, 0.25) is 5.91 Å². The lowest BCUT2D eigenvalue weighted by Crippen LogP contribution is -2.47. The van der Waals surface area contributed by atoms with Gasteiger partial charge >= 0.3 is 0 Å². The summed E-state index contributed by atoms with van der Waals surface area (Å²) in [6, 6.07) is 5.90. The molecule has 5 nitrogen and oxygen atoms in total. The number of rotatable bonds is 4. The molecule has 0 aliphatic carbocycles. The van der Waals surface area contributed by atoms with Crippen LogP contribution in [0.2, 0.25) is 0 Å². The lowest BCUT2D eigenvalue weighted by molar-refractivity contribution is -0.125. The first kappa shape index (κ1) is 18.3. The van der Waals surface area contributed by atoms with Crippen LogP contribution in [0.15, 0.2) is 18.2 Å². The van der Waals surface area contributed by atoms with Crippen molar-refractivity contribution in [1.82, 2.24) is 5.32 Å². The molecule has 1 aromatic rings. The zero-order chi connectivity index (χ0) is 18.1. The van der Waals surface area contributed by atoms with E-state index >= 15 is 0 Å². The van der Waals surface area contributed by atoms with Gasteiger partial charge in [-0.3, -0.25) is 14.5 Å². The highest BCUT2D eigenvalue weighted by Crippen LogP contribution is 2.36. The van der Waals surface area contributed by atoms with E-state index in [0.717, 1.165) is 5.56 Å². The van der Waals surface area contributed by atoms with Crippen LogP contribution in [0.5, 0.6) is 5.75 Å². The second-order valence-corrected chi connectivity index (χ2v) is 7.80. The van der Waals surface area contributed by atoms with Gasteiger partial charge in [-0.25, -0.2) is 0 Å². The summed E-state index contributed by atoms with van der Waals surface area (Å²) in [6.07, 6.45) is 0. The highest BCUT2D eigenvalue weighted by atomic mass is 16.5. The number of amides is 2. The Morgan fingerprint density at radius 1 is 1.29 bits per heavy atom. The summed E-state index contributed by atoms with van der Waals surface area (Å²) < 4.78 is 5.51. The predicted molar refractivity (Wildman–Crippen MR) is 95.4 cm³/mol. The zero-order valence-corrected chi connectivity index (χ0v) is 15.5. The molecule has 1 atom stereocenters. The fraction of sp³-hybridized carbons (Fsp3) is 0.579. The van der Waals surface area contributed by atoms with Crippen molar-refractivity contribution in [2.75, 3.05) is 18.1 Å². The second kappa shape index (κ2) is 6.83. The summed E-state index contributed by atoms with van der Waals surface area (Å²) in [5.74, 6) is 0.640. The van der Waals surface area contributed by atoms with Crippen LogP contribution in [-0.4, -0.2) is 31.0 Å². The molecule has 132 valence electrons. The number of hydrogen-bond donors (Lipinski definition) is 1. The molecule has 0 spiro atoms. The average molecular weight is 332 g/mol. The molecule has 0 saturated heterocycles. The van der Waals surface area contributed by atoms with Gasteiger partial charge in [0.1, 0.15) is 12.3 Å². The molecule has 1 aromatic carbocycles. The molecule has 0 bridgehead atoms. The summed E-state index contributed by atoms with van der Waals surface area (Å²) in [4.78, 5) is 26.1. The van der Waals surface area contributed by atoms with Gasteiger partial charge in [0.15, 0.2) is 6.61 Å². The Balaban J connectivity index is 2.25. The molecule has 0 fully saturated rings. The summed E-state index contributed by atoms with van der Waals surface area (Å²) >= 11 is 0. The van der Waals surface area contributed by atoms with Gasteiger partial charge in [0, 0.05) is 6.04 Å². The Morgan fingerprint density at radius 2 is 1.96 bits per heavy atom.